The van der Waals surface area contributed by atoms with Gasteiger partial charge in [0.25, 0.3) is 0 Å². The zero-order chi connectivity index (χ0) is 13.4. The minimum absolute atomic E-state index is 0.205. The van der Waals surface area contributed by atoms with Crippen molar-refractivity contribution >= 4 is 28.3 Å². The fourth-order valence-corrected chi connectivity index (χ4v) is 2.17. The highest BCUT2D eigenvalue weighted by molar-refractivity contribution is 7.11. The van der Waals surface area contributed by atoms with Crippen LogP contribution in [-0.2, 0) is 4.74 Å². The Morgan fingerprint density at radius 1 is 1.50 bits per heavy atom. The van der Waals surface area contributed by atoms with Crippen LogP contribution in [0.4, 0.5) is 10.8 Å². The van der Waals surface area contributed by atoms with Crippen molar-refractivity contribution in [2.75, 3.05) is 30.8 Å². The number of nitrogens with two attached hydrogens (primary N) is 1. The number of anilines is 2. The molecule has 0 bridgehead atoms. The lowest BCUT2D eigenvalue weighted by atomic mass is 10.2. The van der Waals surface area contributed by atoms with Crippen LogP contribution < -0.4 is 11.1 Å². The van der Waals surface area contributed by atoms with Gasteiger partial charge in [0, 0.05) is 13.2 Å². The minimum Gasteiger partial charge on any atom is -0.462 e. The van der Waals surface area contributed by atoms with Crippen molar-refractivity contribution in [2.24, 2.45) is 0 Å². The van der Waals surface area contributed by atoms with E-state index in [1.54, 1.807) is 6.92 Å². The molecule has 4 N–H and O–H groups in total. The largest absolute Gasteiger partial charge is 0.462 e. The van der Waals surface area contributed by atoms with E-state index >= 15 is 0 Å². The second-order valence-corrected chi connectivity index (χ2v) is 4.48. The molecule has 6 nitrogen and oxygen atoms in total. The lowest BCUT2D eigenvalue weighted by molar-refractivity contribution is 0.0529. The van der Waals surface area contributed by atoms with Crippen LogP contribution in [0.2, 0.25) is 0 Å². The fraction of sp³-hybridized carbons (Fsp3) is 0.636. The van der Waals surface area contributed by atoms with E-state index in [0.29, 0.717) is 23.7 Å². The van der Waals surface area contributed by atoms with Crippen molar-refractivity contribution in [2.45, 2.75) is 26.2 Å². The van der Waals surface area contributed by atoms with Crippen LogP contribution in [0.25, 0.3) is 0 Å². The monoisotopic (exact) mass is 273 g/mol. The molecular weight excluding hydrogens is 254 g/mol. The number of aliphatic hydroxyl groups is 1. The Balaban J connectivity index is 2.52. The van der Waals surface area contributed by atoms with Crippen molar-refractivity contribution in [3.05, 3.63) is 5.56 Å². The van der Waals surface area contributed by atoms with Crippen molar-refractivity contribution in [3.63, 3.8) is 0 Å². The summed E-state index contributed by atoms with van der Waals surface area (Å²) in [4.78, 5) is 11.7. The maximum atomic E-state index is 11.7. The highest BCUT2D eigenvalue weighted by Gasteiger charge is 2.19. The summed E-state index contributed by atoms with van der Waals surface area (Å²) >= 11 is 1.16. The average Bonchev–Trinajstić information content (AvgIpc) is 2.71. The van der Waals surface area contributed by atoms with Gasteiger partial charge in [-0.2, -0.15) is 4.37 Å². The van der Waals surface area contributed by atoms with Crippen molar-refractivity contribution in [3.8, 4) is 0 Å². The highest BCUT2D eigenvalue weighted by Crippen LogP contribution is 2.27. The zero-order valence-corrected chi connectivity index (χ0v) is 11.3. The number of hydrogen-bond acceptors (Lipinski definition) is 7. The molecule has 0 saturated heterocycles. The Morgan fingerprint density at radius 2 is 2.28 bits per heavy atom. The summed E-state index contributed by atoms with van der Waals surface area (Å²) in [5.41, 5.74) is 5.97. The molecule has 0 aliphatic rings. The molecule has 0 atom stereocenters. The summed E-state index contributed by atoms with van der Waals surface area (Å²) < 4.78 is 8.88. The molecule has 0 saturated carbocycles. The molecule has 0 amide bonds. The van der Waals surface area contributed by atoms with Crippen LogP contribution in [0.5, 0.6) is 0 Å². The number of esters is 1. The second kappa shape index (κ2) is 7.88. The van der Waals surface area contributed by atoms with Crippen LogP contribution >= 0.6 is 11.5 Å². The van der Waals surface area contributed by atoms with E-state index < -0.39 is 5.97 Å². The summed E-state index contributed by atoms with van der Waals surface area (Å²) in [7, 11) is 0. The van der Waals surface area contributed by atoms with E-state index in [9.17, 15) is 4.79 Å². The summed E-state index contributed by atoms with van der Waals surface area (Å²) in [6.45, 7) is 2.98. The molecule has 1 aromatic rings. The average molecular weight is 273 g/mol. The van der Waals surface area contributed by atoms with Gasteiger partial charge in [0.2, 0.25) is 0 Å². The molecule has 1 heterocycles. The molecule has 7 heteroatoms. The van der Waals surface area contributed by atoms with E-state index in [1.807, 2.05) is 0 Å². The third-order valence-corrected chi connectivity index (χ3v) is 3.14. The Morgan fingerprint density at radius 3 is 2.94 bits per heavy atom. The standard InChI is InChI=1S/C11H19N3O3S/c1-2-17-11(16)8-9(12)14-18-10(8)13-6-4-3-5-7-15/h13,15H,2-7H2,1H3,(H2,12,14). The molecule has 0 spiro atoms. The van der Waals surface area contributed by atoms with Crippen LogP contribution in [0.1, 0.15) is 36.5 Å². The van der Waals surface area contributed by atoms with E-state index in [-0.39, 0.29) is 12.4 Å². The normalized spacial score (nSPS) is 10.3. The molecule has 0 aliphatic carbocycles. The number of nitrogen functional groups attached to an aromatic ring is 1. The molecule has 0 aromatic carbocycles. The molecule has 0 unspecified atom stereocenters. The number of carbonyl (C=O) groups excluding carboxylic acids is 1. The van der Waals surface area contributed by atoms with Crippen molar-refractivity contribution in [1.82, 2.24) is 4.37 Å². The van der Waals surface area contributed by atoms with Gasteiger partial charge < -0.3 is 20.9 Å². The SMILES string of the molecule is CCOC(=O)c1c(N)nsc1NCCCCCO. The molecule has 0 radical (unpaired) electrons. The van der Waals surface area contributed by atoms with Gasteiger partial charge in [-0.05, 0) is 37.7 Å². The van der Waals surface area contributed by atoms with Gasteiger partial charge in [0.1, 0.15) is 10.6 Å². The van der Waals surface area contributed by atoms with E-state index in [2.05, 4.69) is 9.69 Å². The van der Waals surface area contributed by atoms with Crippen LogP contribution in [0.15, 0.2) is 0 Å². The smallest absolute Gasteiger partial charge is 0.344 e. The minimum atomic E-state index is -0.443. The number of nitrogens with one attached hydrogen (secondary N) is 1. The first kappa shape index (κ1) is 14.7. The van der Waals surface area contributed by atoms with Gasteiger partial charge in [-0.1, -0.05) is 0 Å². The quantitative estimate of drug-likeness (QED) is 0.490. The van der Waals surface area contributed by atoms with Gasteiger partial charge >= 0.3 is 5.97 Å². The van der Waals surface area contributed by atoms with E-state index in [4.69, 9.17) is 15.6 Å². The summed E-state index contributed by atoms with van der Waals surface area (Å²) in [5.74, 6) is -0.238. The lowest BCUT2D eigenvalue weighted by Gasteiger charge is -2.06. The summed E-state index contributed by atoms with van der Waals surface area (Å²) in [6.07, 6.45) is 2.64. The first-order valence-corrected chi connectivity index (χ1v) is 6.75. The Bertz CT molecular complexity index is 382. The third kappa shape index (κ3) is 4.15. The predicted octanol–water partition coefficient (Wildman–Crippen LogP) is 1.48. The first-order chi connectivity index (χ1) is 8.70. The molecule has 0 fully saturated rings. The maximum Gasteiger partial charge on any atom is 0.344 e. The Labute approximate surface area is 110 Å². The maximum absolute atomic E-state index is 11.7. The molecule has 1 aromatic heterocycles. The van der Waals surface area contributed by atoms with Gasteiger partial charge in [-0.15, -0.1) is 0 Å². The number of aliphatic hydroxyl groups excluding tert-OH is 1. The van der Waals surface area contributed by atoms with Gasteiger partial charge in [-0.3, -0.25) is 0 Å². The molecule has 1 rings (SSSR count). The van der Waals surface area contributed by atoms with Gasteiger partial charge in [0.05, 0.1) is 6.61 Å². The molecular formula is C11H19N3O3S. The Kier molecular flexibility index (Phi) is 6.45. The van der Waals surface area contributed by atoms with Crippen LogP contribution in [0.3, 0.4) is 0 Å². The molecule has 18 heavy (non-hydrogen) atoms. The Hall–Kier alpha value is -1.34. The van der Waals surface area contributed by atoms with Crippen LogP contribution in [-0.4, -0.2) is 35.2 Å². The number of unbranched alkanes of at least 4 members (excludes halogenated alkanes) is 2. The number of rotatable bonds is 8. The third-order valence-electron chi connectivity index (χ3n) is 2.32. The fourth-order valence-electron chi connectivity index (χ4n) is 1.44. The first-order valence-electron chi connectivity index (χ1n) is 5.97. The van der Waals surface area contributed by atoms with E-state index in [1.165, 1.54) is 0 Å². The van der Waals surface area contributed by atoms with Gasteiger partial charge in [0.15, 0.2) is 5.82 Å². The van der Waals surface area contributed by atoms with Crippen molar-refractivity contribution in [1.29, 1.82) is 0 Å². The number of nitrogens with zero attached hydrogens (tertiary/aromatic N) is 1. The van der Waals surface area contributed by atoms with Gasteiger partial charge in [-0.25, -0.2) is 4.79 Å². The van der Waals surface area contributed by atoms with Crippen molar-refractivity contribution < 1.29 is 14.6 Å². The highest BCUT2D eigenvalue weighted by atomic mass is 32.1. The topological polar surface area (TPSA) is 97.5 Å². The summed E-state index contributed by atoms with van der Waals surface area (Å²) in [5, 5.41) is 12.4. The van der Waals surface area contributed by atoms with E-state index in [0.717, 1.165) is 30.8 Å². The summed E-state index contributed by atoms with van der Waals surface area (Å²) in [6, 6.07) is 0. The number of carbonyl (C=O) groups is 1. The number of hydrogen-bond donors (Lipinski definition) is 3. The predicted molar refractivity (Wildman–Crippen MR) is 71.9 cm³/mol. The second-order valence-electron chi connectivity index (χ2n) is 3.70. The zero-order valence-electron chi connectivity index (χ0n) is 10.4. The molecule has 0 aliphatic heterocycles. The number of aromatic nitrogens is 1. The number of ether oxygens (including phenoxy) is 1. The molecule has 102 valence electrons. The van der Waals surface area contributed by atoms with Crippen LogP contribution in [0, 0.1) is 0 Å². The lowest BCUT2D eigenvalue weighted by Crippen LogP contribution is -2.10.